The van der Waals surface area contributed by atoms with E-state index in [-0.39, 0.29) is 17.7 Å². The number of rotatable bonds is 7. The Bertz CT molecular complexity index is 500. The van der Waals surface area contributed by atoms with E-state index in [0.717, 1.165) is 18.4 Å². The fourth-order valence-corrected chi connectivity index (χ4v) is 2.86. The molecule has 0 aromatic heterocycles. The summed E-state index contributed by atoms with van der Waals surface area (Å²) >= 11 is 5.98. The lowest BCUT2D eigenvalue weighted by atomic mass is 9.77. The summed E-state index contributed by atoms with van der Waals surface area (Å²) in [6.07, 6.45) is 3.20. The number of amides is 2. The highest BCUT2D eigenvalue weighted by Gasteiger charge is 2.35. The molecule has 5 nitrogen and oxygen atoms in total. The maximum absolute atomic E-state index is 11.9. The quantitative estimate of drug-likeness (QED) is 0.721. The lowest BCUT2D eigenvalue weighted by Gasteiger charge is -2.41. The van der Waals surface area contributed by atoms with Crippen LogP contribution >= 0.6 is 11.6 Å². The molecule has 2 rings (SSSR count). The van der Waals surface area contributed by atoms with Gasteiger partial charge >= 0.3 is 6.03 Å². The van der Waals surface area contributed by atoms with Crippen LogP contribution in [0.3, 0.4) is 0 Å². The highest BCUT2D eigenvalue weighted by molar-refractivity contribution is 6.30. The van der Waals surface area contributed by atoms with Crippen molar-refractivity contribution >= 4 is 17.6 Å². The van der Waals surface area contributed by atoms with Crippen molar-refractivity contribution in [3.8, 4) is 0 Å². The standard InChI is InChI=1S/C16H24ClN3O2/c1-18-16(7-4-8-16)11-20-15(21)19-10-14(22-2)12-5-3-6-13(17)9-12/h3,5-6,9,14,18H,4,7-8,10-11H2,1-2H3,(H2,19,20,21). The second-order valence-corrected chi connectivity index (χ2v) is 6.16. The van der Waals surface area contributed by atoms with E-state index in [0.29, 0.717) is 18.1 Å². The number of hydrogen-bond donors (Lipinski definition) is 3. The van der Waals surface area contributed by atoms with Gasteiger partial charge in [0.2, 0.25) is 0 Å². The zero-order valence-electron chi connectivity index (χ0n) is 13.1. The zero-order chi connectivity index (χ0) is 16.0. The Morgan fingerprint density at radius 1 is 1.41 bits per heavy atom. The van der Waals surface area contributed by atoms with E-state index in [9.17, 15) is 4.79 Å². The van der Waals surface area contributed by atoms with Gasteiger partial charge in [-0.1, -0.05) is 23.7 Å². The molecule has 1 aromatic rings. The van der Waals surface area contributed by atoms with Crippen molar-refractivity contribution in [3.05, 3.63) is 34.9 Å². The summed E-state index contributed by atoms with van der Waals surface area (Å²) < 4.78 is 5.43. The van der Waals surface area contributed by atoms with Crippen LogP contribution in [0.1, 0.15) is 30.9 Å². The Kier molecular flexibility index (Phi) is 6.06. The molecule has 22 heavy (non-hydrogen) atoms. The SMILES string of the molecule is CNC1(CNC(=O)NCC(OC)c2cccc(Cl)c2)CCC1. The number of carbonyl (C=O) groups is 1. The molecule has 1 saturated carbocycles. The first kappa shape index (κ1) is 17.1. The van der Waals surface area contributed by atoms with Crippen molar-refractivity contribution in [1.29, 1.82) is 0 Å². The molecule has 0 saturated heterocycles. The number of nitrogens with one attached hydrogen (secondary N) is 3. The van der Waals surface area contributed by atoms with Gasteiger partial charge in [0.05, 0.1) is 6.10 Å². The van der Waals surface area contributed by atoms with Crippen LogP contribution in [0.2, 0.25) is 5.02 Å². The van der Waals surface area contributed by atoms with Crippen LogP contribution in [-0.2, 0) is 4.74 Å². The van der Waals surface area contributed by atoms with Gasteiger partial charge in [-0.3, -0.25) is 0 Å². The molecule has 0 radical (unpaired) electrons. The molecular weight excluding hydrogens is 302 g/mol. The largest absolute Gasteiger partial charge is 0.375 e. The van der Waals surface area contributed by atoms with Crippen molar-refractivity contribution in [1.82, 2.24) is 16.0 Å². The van der Waals surface area contributed by atoms with Crippen LogP contribution in [0.5, 0.6) is 0 Å². The van der Waals surface area contributed by atoms with E-state index in [4.69, 9.17) is 16.3 Å². The third-order valence-electron chi connectivity index (χ3n) is 4.38. The number of likely N-dealkylation sites (N-methyl/N-ethyl adjacent to an activating group) is 1. The summed E-state index contributed by atoms with van der Waals surface area (Å²) in [6.45, 7) is 1.04. The summed E-state index contributed by atoms with van der Waals surface area (Å²) in [5.41, 5.74) is 1.02. The van der Waals surface area contributed by atoms with Crippen LogP contribution in [0.4, 0.5) is 4.79 Å². The number of urea groups is 1. The summed E-state index contributed by atoms with van der Waals surface area (Å²) in [5.74, 6) is 0. The average Bonchev–Trinajstić information content (AvgIpc) is 2.47. The number of methoxy groups -OCH3 is 1. The number of halogens is 1. The van der Waals surface area contributed by atoms with E-state index in [2.05, 4.69) is 16.0 Å². The molecular formula is C16H24ClN3O2. The molecule has 1 fully saturated rings. The van der Waals surface area contributed by atoms with Crippen molar-refractivity contribution in [2.75, 3.05) is 27.2 Å². The fourth-order valence-electron chi connectivity index (χ4n) is 2.66. The van der Waals surface area contributed by atoms with Crippen molar-refractivity contribution in [2.24, 2.45) is 0 Å². The Labute approximate surface area is 136 Å². The van der Waals surface area contributed by atoms with Gasteiger partial charge in [0.1, 0.15) is 0 Å². The Morgan fingerprint density at radius 3 is 2.73 bits per heavy atom. The van der Waals surface area contributed by atoms with Crippen molar-refractivity contribution in [3.63, 3.8) is 0 Å². The van der Waals surface area contributed by atoms with Crippen LogP contribution in [0.25, 0.3) is 0 Å². The lowest BCUT2D eigenvalue weighted by molar-refractivity contribution is 0.103. The number of hydrogen-bond acceptors (Lipinski definition) is 3. The monoisotopic (exact) mass is 325 g/mol. The summed E-state index contributed by atoms with van der Waals surface area (Å²) in [4.78, 5) is 11.9. The second kappa shape index (κ2) is 7.81. The first-order valence-electron chi connectivity index (χ1n) is 7.57. The Hall–Kier alpha value is -1.30. The van der Waals surface area contributed by atoms with Crippen molar-refractivity contribution in [2.45, 2.75) is 30.9 Å². The molecule has 0 aliphatic heterocycles. The molecule has 6 heteroatoms. The molecule has 1 atom stereocenters. The highest BCUT2D eigenvalue weighted by atomic mass is 35.5. The van der Waals surface area contributed by atoms with Gasteiger partial charge in [-0.2, -0.15) is 0 Å². The van der Waals surface area contributed by atoms with E-state index in [1.54, 1.807) is 7.11 Å². The zero-order valence-corrected chi connectivity index (χ0v) is 13.9. The summed E-state index contributed by atoms with van der Waals surface area (Å²) in [6, 6.07) is 7.29. The highest BCUT2D eigenvalue weighted by Crippen LogP contribution is 2.30. The number of benzene rings is 1. The van der Waals surface area contributed by atoms with E-state index in [1.165, 1.54) is 6.42 Å². The van der Waals surface area contributed by atoms with E-state index >= 15 is 0 Å². The predicted octanol–water partition coefficient (Wildman–Crippen LogP) is 2.47. The Morgan fingerprint density at radius 2 is 2.18 bits per heavy atom. The molecule has 1 aromatic carbocycles. The lowest BCUT2D eigenvalue weighted by Crippen LogP contribution is -2.57. The van der Waals surface area contributed by atoms with Gasteiger partial charge in [0.15, 0.2) is 0 Å². The first-order chi connectivity index (χ1) is 10.6. The third-order valence-corrected chi connectivity index (χ3v) is 4.62. The predicted molar refractivity (Wildman–Crippen MR) is 88.2 cm³/mol. The normalized spacial score (nSPS) is 17.4. The molecule has 0 spiro atoms. The van der Waals surface area contributed by atoms with E-state index < -0.39 is 0 Å². The van der Waals surface area contributed by atoms with Crippen LogP contribution < -0.4 is 16.0 Å². The fraction of sp³-hybridized carbons (Fsp3) is 0.562. The van der Waals surface area contributed by atoms with Gasteiger partial charge in [-0.15, -0.1) is 0 Å². The summed E-state index contributed by atoms with van der Waals surface area (Å²) in [7, 11) is 3.56. The Balaban J connectivity index is 1.79. The van der Waals surface area contributed by atoms with Crippen LogP contribution in [-0.4, -0.2) is 38.8 Å². The minimum Gasteiger partial charge on any atom is -0.375 e. The molecule has 2 amide bonds. The average molecular weight is 326 g/mol. The minimum absolute atomic E-state index is 0.0744. The second-order valence-electron chi connectivity index (χ2n) is 5.73. The molecule has 1 aliphatic carbocycles. The molecule has 122 valence electrons. The number of carbonyl (C=O) groups excluding carboxylic acids is 1. The number of ether oxygens (including phenoxy) is 1. The topological polar surface area (TPSA) is 62.4 Å². The molecule has 0 bridgehead atoms. The van der Waals surface area contributed by atoms with Gasteiger partial charge < -0.3 is 20.7 Å². The molecule has 0 heterocycles. The minimum atomic E-state index is -0.216. The molecule has 1 unspecified atom stereocenters. The van der Waals surface area contributed by atoms with Gasteiger partial charge in [-0.05, 0) is 44.0 Å². The van der Waals surface area contributed by atoms with Gasteiger partial charge in [-0.25, -0.2) is 4.79 Å². The molecule has 3 N–H and O–H groups in total. The third kappa shape index (κ3) is 4.35. The van der Waals surface area contributed by atoms with Gasteiger partial charge in [0.25, 0.3) is 0 Å². The smallest absolute Gasteiger partial charge is 0.314 e. The summed E-state index contributed by atoms with van der Waals surface area (Å²) in [5, 5.41) is 9.73. The van der Waals surface area contributed by atoms with Crippen molar-refractivity contribution < 1.29 is 9.53 Å². The maximum Gasteiger partial charge on any atom is 0.314 e. The van der Waals surface area contributed by atoms with Gasteiger partial charge in [0, 0.05) is 30.8 Å². The van der Waals surface area contributed by atoms with E-state index in [1.807, 2.05) is 31.3 Å². The van der Waals surface area contributed by atoms with Crippen LogP contribution in [0.15, 0.2) is 24.3 Å². The first-order valence-corrected chi connectivity index (χ1v) is 7.95. The molecule has 1 aliphatic rings. The maximum atomic E-state index is 11.9. The van der Waals surface area contributed by atoms with Crippen LogP contribution in [0, 0.1) is 0 Å².